The highest BCUT2D eigenvalue weighted by atomic mass is 16.2. The highest BCUT2D eigenvalue weighted by Crippen LogP contribution is 2.08. The molecule has 0 radical (unpaired) electrons. The Bertz CT molecular complexity index is 493. The molecule has 0 unspecified atom stereocenters. The fraction of sp³-hybridized carbons (Fsp3) is 0.500. The summed E-state index contributed by atoms with van der Waals surface area (Å²) < 4.78 is 0. The first-order valence-corrected chi connectivity index (χ1v) is 7.35. The van der Waals surface area contributed by atoms with Gasteiger partial charge in [0, 0.05) is 39.3 Å². The molecule has 0 bridgehead atoms. The average Bonchev–Trinajstić information content (AvgIpc) is 2.48. The number of benzene rings is 1. The molecule has 1 aromatic carbocycles. The van der Waals surface area contributed by atoms with Crippen molar-refractivity contribution in [3.05, 3.63) is 35.4 Å². The van der Waals surface area contributed by atoms with Gasteiger partial charge in [0.1, 0.15) is 0 Å². The molecule has 5 nitrogen and oxygen atoms in total. The van der Waals surface area contributed by atoms with Crippen molar-refractivity contribution in [2.45, 2.75) is 20.3 Å². The van der Waals surface area contributed by atoms with Crippen LogP contribution in [0.5, 0.6) is 0 Å². The predicted molar refractivity (Wildman–Crippen MR) is 87.6 cm³/mol. The maximum atomic E-state index is 11.9. The van der Waals surface area contributed by atoms with Crippen LogP contribution in [0.15, 0.2) is 29.3 Å². The molecule has 0 spiro atoms. The Morgan fingerprint density at radius 1 is 1.24 bits per heavy atom. The Morgan fingerprint density at radius 2 is 1.90 bits per heavy atom. The van der Waals surface area contributed by atoms with Crippen molar-refractivity contribution in [2.24, 2.45) is 10.7 Å². The summed E-state index contributed by atoms with van der Waals surface area (Å²) in [5, 5.41) is 0. The van der Waals surface area contributed by atoms with Gasteiger partial charge in [-0.3, -0.25) is 9.79 Å². The quantitative estimate of drug-likeness (QED) is 0.639. The van der Waals surface area contributed by atoms with E-state index in [1.54, 1.807) is 19.0 Å². The molecule has 0 saturated heterocycles. The molecular weight excluding hydrogens is 264 g/mol. The molecule has 1 rings (SSSR count). The molecule has 2 N–H and O–H groups in total. The van der Waals surface area contributed by atoms with Crippen molar-refractivity contribution in [1.82, 2.24) is 9.80 Å². The van der Waals surface area contributed by atoms with E-state index in [-0.39, 0.29) is 5.91 Å². The van der Waals surface area contributed by atoms with Gasteiger partial charge in [0.2, 0.25) is 0 Å². The molecule has 0 aliphatic rings. The van der Waals surface area contributed by atoms with Gasteiger partial charge in [-0.15, -0.1) is 0 Å². The van der Waals surface area contributed by atoms with Gasteiger partial charge >= 0.3 is 0 Å². The summed E-state index contributed by atoms with van der Waals surface area (Å²) in [6.07, 6.45) is 0.774. The lowest BCUT2D eigenvalue weighted by Crippen LogP contribution is -2.37. The van der Waals surface area contributed by atoms with E-state index in [4.69, 9.17) is 5.73 Å². The number of carbonyl (C=O) groups excluding carboxylic acids is 1. The molecule has 0 atom stereocenters. The zero-order valence-electron chi connectivity index (χ0n) is 13.5. The van der Waals surface area contributed by atoms with E-state index in [2.05, 4.69) is 18.8 Å². The minimum absolute atomic E-state index is 0.0167. The summed E-state index contributed by atoms with van der Waals surface area (Å²) in [7, 11) is 3.51. The molecule has 0 heterocycles. The molecule has 0 aromatic heterocycles. The standard InChI is InChI=1S/C16H26N4O/c1-5-20(6-2)16(17)18-11-10-13-8-7-9-14(12-13)15(21)19(3)4/h7-9,12H,5-6,10-11H2,1-4H3,(H2,17,18). The topological polar surface area (TPSA) is 61.9 Å². The minimum atomic E-state index is 0.0167. The van der Waals surface area contributed by atoms with Crippen molar-refractivity contribution in [3.8, 4) is 0 Å². The van der Waals surface area contributed by atoms with Gasteiger partial charge in [-0.05, 0) is 38.0 Å². The van der Waals surface area contributed by atoms with Crippen LogP contribution in [0.25, 0.3) is 0 Å². The van der Waals surface area contributed by atoms with Crippen LogP contribution in [0, 0.1) is 0 Å². The fourth-order valence-corrected chi connectivity index (χ4v) is 2.07. The van der Waals surface area contributed by atoms with Crippen LogP contribution in [0.3, 0.4) is 0 Å². The van der Waals surface area contributed by atoms with Gasteiger partial charge < -0.3 is 15.5 Å². The highest BCUT2D eigenvalue weighted by molar-refractivity contribution is 5.94. The number of hydrogen-bond acceptors (Lipinski definition) is 2. The lowest BCUT2D eigenvalue weighted by molar-refractivity contribution is 0.0827. The minimum Gasteiger partial charge on any atom is -0.370 e. The monoisotopic (exact) mass is 290 g/mol. The molecule has 1 aromatic rings. The average molecular weight is 290 g/mol. The number of carbonyl (C=O) groups is 1. The van der Waals surface area contributed by atoms with E-state index < -0.39 is 0 Å². The van der Waals surface area contributed by atoms with E-state index in [1.807, 2.05) is 29.2 Å². The third-order valence-electron chi connectivity index (χ3n) is 3.34. The lowest BCUT2D eigenvalue weighted by atomic mass is 10.1. The number of guanidine groups is 1. The number of rotatable bonds is 6. The first-order valence-electron chi connectivity index (χ1n) is 7.35. The predicted octanol–water partition coefficient (Wildman–Crippen LogP) is 1.59. The normalized spacial score (nSPS) is 11.3. The summed E-state index contributed by atoms with van der Waals surface area (Å²) >= 11 is 0. The third-order valence-corrected chi connectivity index (χ3v) is 3.34. The molecule has 0 aliphatic carbocycles. The molecular formula is C16H26N4O. The first-order chi connectivity index (χ1) is 9.99. The molecule has 0 aliphatic heterocycles. The fourth-order valence-electron chi connectivity index (χ4n) is 2.07. The van der Waals surface area contributed by atoms with Crippen molar-refractivity contribution in [2.75, 3.05) is 33.7 Å². The third kappa shape index (κ3) is 5.10. The van der Waals surface area contributed by atoms with E-state index in [1.165, 1.54) is 0 Å². The van der Waals surface area contributed by atoms with Crippen molar-refractivity contribution >= 4 is 11.9 Å². The number of nitrogens with zero attached hydrogens (tertiary/aromatic N) is 3. The maximum Gasteiger partial charge on any atom is 0.253 e. The van der Waals surface area contributed by atoms with E-state index in [0.717, 1.165) is 25.1 Å². The van der Waals surface area contributed by atoms with Crippen LogP contribution in [-0.2, 0) is 6.42 Å². The summed E-state index contributed by atoms with van der Waals surface area (Å²) in [5.41, 5.74) is 7.74. The van der Waals surface area contributed by atoms with Crippen LogP contribution >= 0.6 is 0 Å². The molecule has 5 heteroatoms. The zero-order chi connectivity index (χ0) is 15.8. The highest BCUT2D eigenvalue weighted by Gasteiger charge is 2.08. The second-order valence-corrected chi connectivity index (χ2v) is 5.06. The molecule has 21 heavy (non-hydrogen) atoms. The Morgan fingerprint density at radius 3 is 2.48 bits per heavy atom. The van der Waals surface area contributed by atoms with Crippen molar-refractivity contribution < 1.29 is 4.79 Å². The number of hydrogen-bond donors (Lipinski definition) is 1. The Hall–Kier alpha value is -2.04. The molecule has 1 amide bonds. The number of amides is 1. The maximum absolute atomic E-state index is 11.9. The van der Waals surface area contributed by atoms with Crippen LogP contribution < -0.4 is 5.73 Å². The second-order valence-electron chi connectivity index (χ2n) is 5.06. The van der Waals surface area contributed by atoms with E-state index >= 15 is 0 Å². The molecule has 0 fully saturated rings. The van der Waals surface area contributed by atoms with Gasteiger partial charge in [-0.25, -0.2) is 0 Å². The Labute approximate surface area is 127 Å². The van der Waals surface area contributed by atoms with E-state index in [0.29, 0.717) is 18.1 Å². The van der Waals surface area contributed by atoms with E-state index in [9.17, 15) is 4.79 Å². The largest absolute Gasteiger partial charge is 0.370 e. The zero-order valence-corrected chi connectivity index (χ0v) is 13.5. The Kier molecular flexibility index (Phi) is 6.72. The van der Waals surface area contributed by atoms with Crippen molar-refractivity contribution in [1.29, 1.82) is 0 Å². The van der Waals surface area contributed by atoms with Gasteiger partial charge in [-0.2, -0.15) is 0 Å². The van der Waals surface area contributed by atoms with Crippen LogP contribution in [0.4, 0.5) is 0 Å². The summed E-state index contributed by atoms with van der Waals surface area (Å²) in [6, 6.07) is 7.67. The van der Waals surface area contributed by atoms with Crippen LogP contribution in [0.2, 0.25) is 0 Å². The second kappa shape index (κ2) is 8.29. The Balaban J connectivity index is 2.66. The summed E-state index contributed by atoms with van der Waals surface area (Å²) in [6.45, 7) is 6.46. The number of aliphatic imine (C=N–C) groups is 1. The summed E-state index contributed by atoms with van der Waals surface area (Å²) in [5.74, 6) is 0.600. The van der Waals surface area contributed by atoms with Crippen LogP contribution in [-0.4, -0.2) is 55.4 Å². The van der Waals surface area contributed by atoms with Gasteiger partial charge in [0.05, 0.1) is 0 Å². The van der Waals surface area contributed by atoms with Crippen LogP contribution in [0.1, 0.15) is 29.8 Å². The van der Waals surface area contributed by atoms with Gasteiger partial charge in [0.25, 0.3) is 5.91 Å². The number of nitrogens with two attached hydrogens (primary N) is 1. The van der Waals surface area contributed by atoms with Gasteiger partial charge in [0.15, 0.2) is 5.96 Å². The first kappa shape index (κ1) is 17.0. The molecule has 116 valence electrons. The summed E-state index contributed by atoms with van der Waals surface area (Å²) in [4.78, 5) is 19.9. The van der Waals surface area contributed by atoms with Gasteiger partial charge in [-0.1, -0.05) is 12.1 Å². The lowest BCUT2D eigenvalue weighted by Gasteiger charge is -2.19. The van der Waals surface area contributed by atoms with Crippen molar-refractivity contribution in [3.63, 3.8) is 0 Å². The molecule has 0 saturated carbocycles. The SMILES string of the molecule is CCN(CC)C(N)=NCCc1cccc(C(=O)N(C)C)c1. The smallest absolute Gasteiger partial charge is 0.253 e.